The zero-order chi connectivity index (χ0) is 25.1. The molecule has 0 radical (unpaired) electrons. The fourth-order valence-corrected chi connectivity index (χ4v) is 5.39. The van der Waals surface area contributed by atoms with Crippen molar-refractivity contribution in [2.24, 2.45) is 0 Å². The minimum absolute atomic E-state index is 0.174. The summed E-state index contributed by atoms with van der Waals surface area (Å²) in [4.78, 5) is 38.9. The molecule has 1 heterocycles. The number of amides is 4. The average Bonchev–Trinajstić information content (AvgIpc) is 2.82. The van der Waals surface area contributed by atoms with Gasteiger partial charge in [0.25, 0.3) is 11.8 Å². The number of carbonyl (C=O) groups excluding carboxylic acids is 3. The first kappa shape index (κ1) is 25.1. The number of rotatable bonds is 5. The van der Waals surface area contributed by atoms with Gasteiger partial charge in [0.1, 0.15) is 17.9 Å². The average molecular weight is 707 g/mol. The van der Waals surface area contributed by atoms with Gasteiger partial charge in [-0.1, -0.05) is 34.1 Å². The van der Waals surface area contributed by atoms with E-state index >= 15 is 0 Å². The van der Waals surface area contributed by atoms with Gasteiger partial charge in [0.15, 0.2) is 0 Å². The number of nitriles is 1. The number of imide groups is 2. The Morgan fingerprint density at radius 3 is 2.46 bits per heavy atom. The quantitative estimate of drug-likeness (QED) is 0.202. The van der Waals surface area contributed by atoms with Crippen LogP contribution in [0.15, 0.2) is 75.2 Å². The van der Waals surface area contributed by atoms with Gasteiger partial charge >= 0.3 is 6.03 Å². The molecular formula is C25H14Br2IN3O4. The standard InChI is InChI=1S/C25H14Br2IN3O4/c26-17-5-7-18(8-6-17)31-24(33)19(23(32)30-25(31)34)9-14-10-20(27)22(21(28)11-14)35-13-16-4-2-1-3-15(16)12-29/h1-11H,13H2,(H,30,32,34)/b19-9+. The molecule has 1 aliphatic rings. The number of nitrogens with one attached hydrogen (secondary N) is 1. The third kappa shape index (κ3) is 5.47. The second-order valence-corrected chi connectivity index (χ2v) is 10.2. The second-order valence-electron chi connectivity index (χ2n) is 7.31. The number of halogens is 3. The van der Waals surface area contributed by atoms with E-state index in [1.165, 1.54) is 6.08 Å². The van der Waals surface area contributed by atoms with E-state index in [1.807, 2.05) is 12.1 Å². The van der Waals surface area contributed by atoms with E-state index in [9.17, 15) is 19.6 Å². The van der Waals surface area contributed by atoms with Crippen LogP contribution in [-0.4, -0.2) is 17.8 Å². The molecule has 0 bridgehead atoms. The molecule has 1 N–H and O–H groups in total. The molecule has 0 aromatic heterocycles. The first-order valence-electron chi connectivity index (χ1n) is 10.1. The van der Waals surface area contributed by atoms with E-state index in [0.717, 1.165) is 18.5 Å². The molecule has 1 saturated heterocycles. The van der Waals surface area contributed by atoms with E-state index in [2.05, 4.69) is 65.8 Å². The molecule has 4 rings (SSSR count). The van der Waals surface area contributed by atoms with Crippen molar-refractivity contribution in [2.45, 2.75) is 6.61 Å². The predicted molar refractivity (Wildman–Crippen MR) is 145 cm³/mol. The largest absolute Gasteiger partial charge is 0.487 e. The summed E-state index contributed by atoms with van der Waals surface area (Å²) in [6.45, 7) is 0.198. The van der Waals surface area contributed by atoms with Gasteiger partial charge in [-0.05, 0) is 92.6 Å². The molecule has 0 atom stereocenters. The third-order valence-corrected chi connectivity index (χ3v) is 6.95. The van der Waals surface area contributed by atoms with Crippen LogP contribution in [0.1, 0.15) is 16.7 Å². The number of anilines is 1. The fourth-order valence-electron chi connectivity index (χ4n) is 3.35. The van der Waals surface area contributed by atoms with Gasteiger partial charge in [-0.15, -0.1) is 0 Å². The van der Waals surface area contributed by atoms with Crippen molar-refractivity contribution in [2.75, 3.05) is 4.90 Å². The number of ether oxygens (including phenoxy) is 1. The summed E-state index contributed by atoms with van der Waals surface area (Å²) in [5, 5.41) is 11.5. The summed E-state index contributed by atoms with van der Waals surface area (Å²) in [5.41, 5.74) is 2.02. The molecule has 1 fully saturated rings. The van der Waals surface area contributed by atoms with Gasteiger partial charge in [-0.2, -0.15) is 5.26 Å². The molecule has 3 aromatic carbocycles. The zero-order valence-electron chi connectivity index (χ0n) is 17.7. The number of hydrogen-bond acceptors (Lipinski definition) is 5. The monoisotopic (exact) mass is 705 g/mol. The Hall–Kier alpha value is -3.01. The number of carbonyl (C=O) groups is 3. The fraction of sp³-hybridized carbons (Fsp3) is 0.0400. The van der Waals surface area contributed by atoms with Crippen LogP contribution in [-0.2, 0) is 16.2 Å². The Balaban J connectivity index is 1.61. The number of nitrogens with zero attached hydrogens (tertiary/aromatic N) is 2. The summed E-state index contributed by atoms with van der Waals surface area (Å²) >= 11 is 8.90. The lowest BCUT2D eigenvalue weighted by molar-refractivity contribution is -0.122. The highest BCUT2D eigenvalue weighted by Crippen LogP contribution is 2.34. The van der Waals surface area contributed by atoms with Crippen LogP contribution in [0.2, 0.25) is 0 Å². The number of barbiturate groups is 1. The van der Waals surface area contributed by atoms with Crippen LogP contribution < -0.4 is 15.0 Å². The third-order valence-electron chi connectivity index (χ3n) is 5.03. The highest BCUT2D eigenvalue weighted by molar-refractivity contribution is 14.1. The summed E-state index contributed by atoms with van der Waals surface area (Å²) < 4.78 is 8.07. The maximum absolute atomic E-state index is 13.1. The summed E-state index contributed by atoms with van der Waals surface area (Å²) in [5.74, 6) is -0.930. The first-order chi connectivity index (χ1) is 16.8. The van der Waals surface area contributed by atoms with Crippen LogP contribution in [0.25, 0.3) is 6.08 Å². The Kier molecular flexibility index (Phi) is 7.69. The van der Waals surface area contributed by atoms with Crippen LogP contribution in [0, 0.1) is 14.9 Å². The molecule has 7 nitrogen and oxygen atoms in total. The summed E-state index contributed by atoms with van der Waals surface area (Å²) in [6.07, 6.45) is 1.43. The van der Waals surface area contributed by atoms with E-state index < -0.39 is 17.8 Å². The van der Waals surface area contributed by atoms with Gasteiger partial charge in [0, 0.05) is 10.0 Å². The normalized spacial score (nSPS) is 14.6. The van der Waals surface area contributed by atoms with Crippen LogP contribution in [0.5, 0.6) is 5.75 Å². The van der Waals surface area contributed by atoms with Gasteiger partial charge in [-0.25, -0.2) is 9.69 Å². The summed E-state index contributed by atoms with van der Waals surface area (Å²) in [7, 11) is 0. The highest BCUT2D eigenvalue weighted by Gasteiger charge is 2.36. The SMILES string of the molecule is N#Cc1ccccc1COc1c(Br)cc(/C=C2\C(=O)NC(=O)N(c3ccc(Br)cc3)C2=O)cc1I. The van der Waals surface area contributed by atoms with Gasteiger partial charge in [0.2, 0.25) is 0 Å². The smallest absolute Gasteiger partial charge is 0.335 e. The van der Waals surface area contributed by atoms with Crippen LogP contribution in [0.3, 0.4) is 0 Å². The van der Waals surface area contributed by atoms with Crippen molar-refractivity contribution in [1.29, 1.82) is 5.26 Å². The molecule has 174 valence electrons. The van der Waals surface area contributed by atoms with Gasteiger partial charge in [0.05, 0.1) is 25.4 Å². The second kappa shape index (κ2) is 10.7. The first-order valence-corrected chi connectivity index (χ1v) is 12.7. The van der Waals surface area contributed by atoms with Gasteiger partial charge < -0.3 is 4.74 Å². The Bertz CT molecular complexity index is 1410. The van der Waals surface area contributed by atoms with E-state index in [4.69, 9.17) is 4.74 Å². The lowest BCUT2D eigenvalue weighted by atomic mass is 10.1. The Morgan fingerprint density at radius 1 is 1.06 bits per heavy atom. The molecule has 1 aliphatic heterocycles. The van der Waals surface area contributed by atoms with Crippen molar-refractivity contribution < 1.29 is 19.1 Å². The molecule has 0 saturated carbocycles. The van der Waals surface area contributed by atoms with Crippen LogP contribution in [0.4, 0.5) is 10.5 Å². The van der Waals surface area contributed by atoms with Crippen LogP contribution >= 0.6 is 54.5 Å². The molecule has 10 heteroatoms. The lowest BCUT2D eigenvalue weighted by Gasteiger charge is -2.26. The minimum Gasteiger partial charge on any atom is -0.487 e. The predicted octanol–water partition coefficient (Wildman–Crippen LogP) is 5.93. The Labute approximate surface area is 231 Å². The number of urea groups is 1. The van der Waals surface area contributed by atoms with E-state index in [-0.39, 0.29) is 12.2 Å². The van der Waals surface area contributed by atoms with Crippen molar-refractivity contribution in [1.82, 2.24) is 5.32 Å². The van der Waals surface area contributed by atoms with Crippen molar-refractivity contribution >= 4 is 84.1 Å². The van der Waals surface area contributed by atoms with Crippen molar-refractivity contribution in [3.8, 4) is 11.8 Å². The minimum atomic E-state index is -0.809. The van der Waals surface area contributed by atoms with E-state index in [0.29, 0.717) is 27.0 Å². The molecule has 0 spiro atoms. The maximum atomic E-state index is 13.1. The van der Waals surface area contributed by atoms with Crippen molar-refractivity contribution in [3.63, 3.8) is 0 Å². The number of hydrogen-bond donors (Lipinski definition) is 1. The highest BCUT2D eigenvalue weighted by atomic mass is 127. The number of benzene rings is 3. The molecule has 0 unspecified atom stereocenters. The topological polar surface area (TPSA) is 99.5 Å². The molecule has 0 aliphatic carbocycles. The molecular weight excluding hydrogens is 693 g/mol. The molecule has 4 amide bonds. The Morgan fingerprint density at radius 2 is 1.77 bits per heavy atom. The van der Waals surface area contributed by atoms with Crippen molar-refractivity contribution in [3.05, 3.63) is 95.4 Å². The zero-order valence-corrected chi connectivity index (χ0v) is 23.0. The lowest BCUT2D eigenvalue weighted by Crippen LogP contribution is -2.54. The van der Waals surface area contributed by atoms with Gasteiger partial charge in [-0.3, -0.25) is 14.9 Å². The molecule has 3 aromatic rings. The maximum Gasteiger partial charge on any atom is 0.335 e. The molecule has 35 heavy (non-hydrogen) atoms. The summed E-state index contributed by atoms with van der Waals surface area (Å²) in [6, 6.07) is 18.6. The van der Waals surface area contributed by atoms with E-state index in [1.54, 1.807) is 48.5 Å².